The average molecular weight is 147 g/mol. The standard InChI is InChI=1S/C8H9N3/c1-2-3-5-10-8-4-6-9-7-11-8/h4,6-7H,5H2,1H3,(H,9,10,11). The Morgan fingerprint density at radius 2 is 2.55 bits per heavy atom. The SMILES string of the molecule is CC#CCNc1ccncn1. The van der Waals surface area contributed by atoms with E-state index >= 15 is 0 Å². The van der Waals surface area contributed by atoms with Gasteiger partial charge in [-0.05, 0) is 13.0 Å². The summed E-state index contributed by atoms with van der Waals surface area (Å²) in [6.07, 6.45) is 3.19. The lowest BCUT2D eigenvalue weighted by Crippen LogP contribution is -2.00. The molecular weight excluding hydrogens is 138 g/mol. The maximum absolute atomic E-state index is 3.96. The van der Waals surface area contributed by atoms with Gasteiger partial charge in [-0.15, -0.1) is 5.92 Å². The second-order valence-corrected chi connectivity index (χ2v) is 1.87. The normalized spacial score (nSPS) is 8.09. The zero-order valence-corrected chi connectivity index (χ0v) is 6.33. The monoisotopic (exact) mass is 147 g/mol. The van der Waals surface area contributed by atoms with Crippen LogP contribution in [-0.4, -0.2) is 16.5 Å². The fraction of sp³-hybridized carbons (Fsp3) is 0.250. The number of nitrogens with one attached hydrogen (secondary N) is 1. The number of nitrogens with zero attached hydrogens (tertiary/aromatic N) is 2. The third kappa shape index (κ3) is 2.67. The molecule has 0 unspecified atom stereocenters. The molecule has 0 amide bonds. The smallest absolute Gasteiger partial charge is 0.130 e. The molecule has 11 heavy (non-hydrogen) atoms. The Labute approximate surface area is 65.9 Å². The first-order valence-corrected chi connectivity index (χ1v) is 3.33. The molecule has 0 bridgehead atoms. The van der Waals surface area contributed by atoms with Crippen molar-refractivity contribution in [3.05, 3.63) is 18.6 Å². The van der Waals surface area contributed by atoms with E-state index in [1.807, 2.05) is 6.92 Å². The number of rotatable bonds is 2. The van der Waals surface area contributed by atoms with Crippen molar-refractivity contribution in [2.24, 2.45) is 0 Å². The van der Waals surface area contributed by atoms with Crippen molar-refractivity contribution in [2.45, 2.75) is 6.92 Å². The molecule has 1 heterocycles. The molecule has 0 aliphatic carbocycles. The Hall–Kier alpha value is -1.56. The lowest BCUT2D eigenvalue weighted by Gasteiger charge is -1.97. The van der Waals surface area contributed by atoms with E-state index in [2.05, 4.69) is 27.1 Å². The Morgan fingerprint density at radius 1 is 1.64 bits per heavy atom. The van der Waals surface area contributed by atoms with E-state index in [1.165, 1.54) is 6.33 Å². The highest BCUT2D eigenvalue weighted by molar-refractivity contribution is 5.33. The van der Waals surface area contributed by atoms with Crippen LogP contribution in [0.2, 0.25) is 0 Å². The van der Waals surface area contributed by atoms with E-state index in [-0.39, 0.29) is 0 Å². The van der Waals surface area contributed by atoms with Crippen LogP contribution in [0.4, 0.5) is 5.82 Å². The molecule has 1 aromatic rings. The molecule has 56 valence electrons. The van der Waals surface area contributed by atoms with Gasteiger partial charge in [0.05, 0.1) is 6.54 Å². The van der Waals surface area contributed by atoms with Crippen LogP contribution < -0.4 is 5.32 Å². The zero-order valence-electron chi connectivity index (χ0n) is 6.33. The molecule has 0 saturated carbocycles. The minimum atomic E-state index is 0.632. The second-order valence-electron chi connectivity index (χ2n) is 1.87. The summed E-state index contributed by atoms with van der Waals surface area (Å²) < 4.78 is 0. The largest absolute Gasteiger partial charge is 0.359 e. The molecule has 0 aliphatic heterocycles. The third-order valence-corrected chi connectivity index (χ3v) is 1.12. The van der Waals surface area contributed by atoms with Crippen LogP contribution in [0.25, 0.3) is 0 Å². The first-order chi connectivity index (χ1) is 5.43. The quantitative estimate of drug-likeness (QED) is 0.632. The Bertz CT molecular complexity index is 258. The van der Waals surface area contributed by atoms with Gasteiger partial charge in [-0.25, -0.2) is 9.97 Å². The molecule has 1 rings (SSSR count). The van der Waals surface area contributed by atoms with Gasteiger partial charge in [-0.2, -0.15) is 0 Å². The van der Waals surface area contributed by atoms with E-state index in [0.29, 0.717) is 6.54 Å². The fourth-order valence-corrected chi connectivity index (χ4v) is 0.618. The van der Waals surface area contributed by atoms with Gasteiger partial charge in [-0.3, -0.25) is 0 Å². The van der Waals surface area contributed by atoms with E-state index in [9.17, 15) is 0 Å². The van der Waals surface area contributed by atoms with Crippen molar-refractivity contribution in [1.82, 2.24) is 9.97 Å². The lowest BCUT2D eigenvalue weighted by atomic mass is 10.5. The van der Waals surface area contributed by atoms with Crippen LogP contribution in [0, 0.1) is 11.8 Å². The fourth-order valence-electron chi connectivity index (χ4n) is 0.618. The molecule has 1 N–H and O–H groups in total. The van der Waals surface area contributed by atoms with Gasteiger partial charge in [0.25, 0.3) is 0 Å². The maximum atomic E-state index is 3.96. The van der Waals surface area contributed by atoms with Gasteiger partial charge in [0.15, 0.2) is 0 Å². The first-order valence-electron chi connectivity index (χ1n) is 3.33. The topological polar surface area (TPSA) is 37.8 Å². The molecule has 1 aromatic heterocycles. The van der Waals surface area contributed by atoms with Gasteiger partial charge in [0, 0.05) is 6.20 Å². The molecular formula is C8H9N3. The molecule has 0 fully saturated rings. The van der Waals surface area contributed by atoms with Gasteiger partial charge in [-0.1, -0.05) is 5.92 Å². The summed E-state index contributed by atoms with van der Waals surface area (Å²) in [5.41, 5.74) is 0. The molecule has 3 nitrogen and oxygen atoms in total. The molecule has 0 aromatic carbocycles. The number of hydrogen-bond donors (Lipinski definition) is 1. The summed E-state index contributed by atoms with van der Waals surface area (Å²) in [5.74, 6) is 6.47. The van der Waals surface area contributed by atoms with Gasteiger partial charge in [0.1, 0.15) is 12.1 Å². The highest BCUT2D eigenvalue weighted by atomic mass is 15.0. The van der Waals surface area contributed by atoms with Gasteiger partial charge in [0.2, 0.25) is 0 Å². The third-order valence-electron chi connectivity index (χ3n) is 1.12. The van der Waals surface area contributed by atoms with Crippen LogP contribution in [0.15, 0.2) is 18.6 Å². The predicted octanol–water partition coefficient (Wildman–Crippen LogP) is 0.912. The zero-order chi connectivity index (χ0) is 7.94. The van der Waals surface area contributed by atoms with Crippen molar-refractivity contribution in [2.75, 3.05) is 11.9 Å². The van der Waals surface area contributed by atoms with E-state index in [0.717, 1.165) is 5.82 Å². The number of aromatic nitrogens is 2. The van der Waals surface area contributed by atoms with Crippen molar-refractivity contribution < 1.29 is 0 Å². The summed E-state index contributed by atoms with van der Waals surface area (Å²) in [6, 6.07) is 1.80. The molecule has 0 spiro atoms. The second kappa shape index (κ2) is 4.29. The summed E-state index contributed by atoms with van der Waals surface area (Å²) in [4.78, 5) is 7.75. The van der Waals surface area contributed by atoms with E-state index in [1.54, 1.807) is 12.3 Å². The van der Waals surface area contributed by atoms with Crippen LogP contribution in [-0.2, 0) is 0 Å². The predicted molar refractivity (Wildman–Crippen MR) is 44.0 cm³/mol. The molecule has 0 atom stereocenters. The number of hydrogen-bond acceptors (Lipinski definition) is 3. The van der Waals surface area contributed by atoms with Crippen LogP contribution >= 0.6 is 0 Å². The molecule has 0 radical (unpaired) electrons. The van der Waals surface area contributed by atoms with Gasteiger partial charge < -0.3 is 5.32 Å². The van der Waals surface area contributed by atoms with E-state index < -0.39 is 0 Å². The Morgan fingerprint density at radius 3 is 3.18 bits per heavy atom. The van der Waals surface area contributed by atoms with Crippen molar-refractivity contribution in [3.8, 4) is 11.8 Å². The first kappa shape index (κ1) is 7.55. The number of anilines is 1. The van der Waals surface area contributed by atoms with Gasteiger partial charge >= 0.3 is 0 Å². The van der Waals surface area contributed by atoms with E-state index in [4.69, 9.17) is 0 Å². The lowest BCUT2D eigenvalue weighted by molar-refractivity contribution is 1.14. The highest BCUT2D eigenvalue weighted by Gasteiger charge is 1.85. The summed E-state index contributed by atoms with van der Waals surface area (Å²) >= 11 is 0. The average Bonchev–Trinajstić information content (AvgIpc) is 2.07. The molecule has 0 aliphatic rings. The molecule has 3 heteroatoms. The van der Waals surface area contributed by atoms with Crippen LogP contribution in [0.3, 0.4) is 0 Å². The highest BCUT2D eigenvalue weighted by Crippen LogP contribution is 1.95. The minimum absolute atomic E-state index is 0.632. The Balaban J connectivity index is 2.43. The Kier molecular flexibility index (Phi) is 2.94. The van der Waals surface area contributed by atoms with Crippen molar-refractivity contribution in [1.29, 1.82) is 0 Å². The minimum Gasteiger partial charge on any atom is -0.359 e. The van der Waals surface area contributed by atoms with Crippen molar-refractivity contribution in [3.63, 3.8) is 0 Å². The summed E-state index contributed by atoms with van der Waals surface area (Å²) in [5, 5.41) is 3.02. The summed E-state index contributed by atoms with van der Waals surface area (Å²) in [7, 11) is 0. The summed E-state index contributed by atoms with van der Waals surface area (Å²) in [6.45, 7) is 2.44. The van der Waals surface area contributed by atoms with Crippen LogP contribution in [0.1, 0.15) is 6.92 Å². The van der Waals surface area contributed by atoms with Crippen molar-refractivity contribution >= 4 is 5.82 Å². The molecule has 0 saturated heterocycles. The maximum Gasteiger partial charge on any atom is 0.130 e. The van der Waals surface area contributed by atoms with Crippen LogP contribution in [0.5, 0.6) is 0 Å².